The zero-order valence-electron chi connectivity index (χ0n) is 14.6. The molecule has 0 radical (unpaired) electrons. The van der Waals surface area contributed by atoms with Gasteiger partial charge in [0, 0.05) is 30.6 Å². The molecule has 3 nitrogen and oxygen atoms in total. The highest BCUT2D eigenvalue weighted by Crippen LogP contribution is 2.43. The fraction of sp³-hybridized carbons (Fsp3) is 0.200. The lowest BCUT2D eigenvalue weighted by Crippen LogP contribution is -1.93. The topological polar surface area (TPSA) is 38.9 Å². The highest BCUT2D eigenvalue weighted by molar-refractivity contribution is 7.16. The standard InChI is InChI=1S/C20H18N2OS2/c1-5-6-14-8-10-16(25-14)18-13(4)12(3)17(15-9-7-11(2)24-15)19-20(18)22-23-21-19/h5-10H,1-4H3/b6-5+. The Labute approximate surface area is 154 Å². The molecule has 0 saturated carbocycles. The van der Waals surface area contributed by atoms with Crippen LogP contribution in [0.4, 0.5) is 0 Å². The SMILES string of the molecule is C/C=C/c1ccc(-c2c(C)c(C)c(-c3ccc(C)s3)c3nonc23)s1. The Hall–Kier alpha value is -2.24. The van der Waals surface area contributed by atoms with E-state index < -0.39 is 0 Å². The summed E-state index contributed by atoms with van der Waals surface area (Å²) in [5.41, 5.74) is 6.44. The van der Waals surface area contributed by atoms with Crippen LogP contribution in [-0.2, 0) is 0 Å². The average Bonchev–Trinajstić information content (AvgIpc) is 3.31. The summed E-state index contributed by atoms with van der Waals surface area (Å²) in [4.78, 5) is 4.93. The number of allylic oxidation sites excluding steroid dienone is 1. The van der Waals surface area contributed by atoms with Crippen molar-refractivity contribution in [2.24, 2.45) is 0 Å². The minimum absolute atomic E-state index is 0.845. The molecule has 0 aliphatic heterocycles. The normalized spacial score (nSPS) is 11.8. The van der Waals surface area contributed by atoms with Crippen LogP contribution in [0, 0.1) is 20.8 Å². The Morgan fingerprint density at radius 3 is 2.00 bits per heavy atom. The summed E-state index contributed by atoms with van der Waals surface area (Å²) in [6.07, 6.45) is 4.18. The van der Waals surface area contributed by atoms with Gasteiger partial charge in [-0.15, -0.1) is 22.7 Å². The van der Waals surface area contributed by atoms with Crippen LogP contribution in [0.5, 0.6) is 0 Å². The molecule has 126 valence electrons. The van der Waals surface area contributed by atoms with Gasteiger partial charge in [-0.1, -0.05) is 6.08 Å². The molecule has 0 fully saturated rings. The molecule has 3 aromatic heterocycles. The first-order valence-corrected chi connectivity index (χ1v) is 9.78. The first-order valence-electron chi connectivity index (χ1n) is 8.15. The summed E-state index contributed by atoms with van der Waals surface area (Å²) < 4.78 is 5.16. The maximum absolute atomic E-state index is 5.16. The lowest BCUT2D eigenvalue weighted by Gasteiger charge is -2.12. The summed E-state index contributed by atoms with van der Waals surface area (Å²) in [7, 11) is 0. The van der Waals surface area contributed by atoms with Crippen molar-refractivity contribution < 1.29 is 4.63 Å². The maximum Gasteiger partial charge on any atom is 0.144 e. The third-order valence-electron chi connectivity index (χ3n) is 4.47. The van der Waals surface area contributed by atoms with Crippen LogP contribution in [-0.4, -0.2) is 10.3 Å². The molecule has 0 spiro atoms. The van der Waals surface area contributed by atoms with Gasteiger partial charge < -0.3 is 0 Å². The van der Waals surface area contributed by atoms with E-state index in [9.17, 15) is 0 Å². The van der Waals surface area contributed by atoms with Crippen LogP contribution >= 0.6 is 22.7 Å². The number of fused-ring (bicyclic) bond motifs is 1. The molecule has 4 aromatic rings. The Morgan fingerprint density at radius 1 is 0.840 bits per heavy atom. The van der Waals surface area contributed by atoms with Crippen LogP contribution in [0.25, 0.3) is 38.0 Å². The second-order valence-electron chi connectivity index (χ2n) is 6.07. The van der Waals surface area contributed by atoms with Crippen molar-refractivity contribution >= 4 is 39.8 Å². The molecule has 3 heterocycles. The fourth-order valence-electron chi connectivity index (χ4n) is 3.16. The van der Waals surface area contributed by atoms with E-state index in [4.69, 9.17) is 4.63 Å². The molecular formula is C20H18N2OS2. The van der Waals surface area contributed by atoms with Crippen molar-refractivity contribution in [3.05, 3.63) is 51.2 Å². The lowest BCUT2D eigenvalue weighted by molar-refractivity contribution is 0.315. The molecule has 25 heavy (non-hydrogen) atoms. The number of rotatable bonds is 3. The zero-order chi connectivity index (χ0) is 17.6. The molecule has 0 bridgehead atoms. The Bertz CT molecular complexity index is 1100. The quantitative estimate of drug-likeness (QED) is 0.408. The van der Waals surface area contributed by atoms with E-state index in [-0.39, 0.29) is 0 Å². The molecule has 1 aromatic carbocycles. The van der Waals surface area contributed by atoms with Crippen LogP contribution in [0.15, 0.2) is 35.0 Å². The first kappa shape index (κ1) is 16.2. The maximum atomic E-state index is 5.16. The Balaban J connectivity index is 2.01. The fourth-order valence-corrected chi connectivity index (χ4v) is 5.21. The van der Waals surface area contributed by atoms with E-state index >= 15 is 0 Å². The largest absolute Gasteiger partial charge is 0.243 e. The van der Waals surface area contributed by atoms with Gasteiger partial charge >= 0.3 is 0 Å². The van der Waals surface area contributed by atoms with Gasteiger partial charge in [0.15, 0.2) is 0 Å². The summed E-state index contributed by atoms with van der Waals surface area (Å²) in [6, 6.07) is 8.60. The minimum atomic E-state index is 0.845. The number of hydrogen-bond acceptors (Lipinski definition) is 5. The lowest BCUT2D eigenvalue weighted by atomic mass is 9.94. The van der Waals surface area contributed by atoms with Gasteiger partial charge in [-0.25, -0.2) is 4.63 Å². The monoisotopic (exact) mass is 366 g/mol. The van der Waals surface area contributed by atoms with Crippen LogP contribution < -0.4 is 0 Å². The predicted molar refractivity (Wildman–Crippen MR) is 107 cm³/mol. The molecule has 0 atom stereocenters. The van der Waals surface area contributed by atoms with Crippen LogP contribution in [0.1, 0.15) is 27.8 Å². The van der Waals surface area contributed by atoms with E-state index in [1.807, 2.05) is 6.92 Å². The van der Waals surface area contributed by atoms with E-state index in [0.717, 1.165) is 22.2 Å². The van der Waals surface area contributed by atoms with Gasteiger partial charge in [-0.05, 0) is 79.5 Å². The van der Waals surface area contributed by atoms with Crippen molar-refractivity contribution in [3.8, 4) is 20.9 Å². The minimum Gasteiger partial charge on any atom is -0.243 e. The molecule has 0 aliphatic rings. The van der Waals surface area contributed by atoms with Gasteiger partial charge in [0.25, 0.3) is 0 Å². The molecule has 5 heteroatoms. The second-order valence-corrected chi connectivity index (χ2v) is 8.48. The smallest absolute Gasteiger partial charge is 0.144 e. The predicted octanol–water partition coefficient (Wildman–Crippen LogP) is 6.64. The Morgan fingerprint density at radius 2 is 1.44 bits per heavy atom. The van der Waals surface area contributed by atoms with Gasteiger partial charge in [-0.3, -0.25) is 0 Å². The number of aryl methyl sites for hydroxylation is 1. The van der Waals surface area contributed by atoms with Crippen molar-refractivity contribution in [2.45, 2.75) is 27.7 Å². The highest BCUT2D eigenvalue weighted by atomic mass is 32.1. The van der Waals surface area contributed by atoms with Crippen LogP contribution in [0.3, 0.4) is 0 Å². The second kappa shape index (κ2) is 6.24. The number of hydrogen-bond donors (Lipinski definition) is 0. The van der Waals surface area contributed by atoms with Gasteiger partial charge in [0.1, 0.15) is 11.0 Å². The molecule has 4 rings (SSSR count). The number of thiophene rings is 2. The Kier molecular flexibility index (Phi) is 4.06. The van der Waals surface area contributed by atoms with E-state index in [1.54, 1.807) is 22.7 Å². The van der Waals surface area contributed by atoms with E-state index in [1.165, 1.54) is 30.6 Å². The average molecular weight is 367 g/mol. The molecule has 0 saturated heterocycles. The number of aromatic nitrogens is 2. The molecule has 0 N–H and O–H groups in total. The van der Waals surface area contributed by atoms with Gasteiger partial charge in [-0.2, -0.15) is 0 Å². The molecule has 0 amide bonds. The van der Waals surface area contributed by atoms with Crippen molar-refractivity contribution in [3.63, 3.8) is 0 Å². The van der Waals surface area contributed by atoms with Crippen LogP contribution in [0.2, 0.25) is 0 Å². The van der Waals surface area contributed by atoms with Gasteiger partial charge in [0.05, 0.1) is 0 Å². The molecule has 0 unspecified atom stereocenters. The number of benzene rings is 1. The molecule has 0 aliphatic carbocycles. The first-order chi connectivity index (χ1) is 12.1. The van der Waals surface area contributed by atoms with E-state index in [2.05, 4.69) is 67.5 Å². The summed E-state index contributed by atoms with van der Waals surface area (Å²) >= 11 is 3.54. The van der Waals surface area contributed by atoms with Crippen molar-refractivity contribution in [2.75, 3.05) is 0 Å². The zero-order valence-corrected chi connectivity index (χ0v) is 16.2. The van der Waals surface area contributed by atoms with Gasteiger partial charge in [0.2, 0.25) is 0 Å². The van der Waals surface area contributed by atoms with E-state index in [0.29, 0.717) is 0 Å². The molecular weight excluding hydrogens is 348 g/mol. The summed E-state index contributed by atoms with van der Waals surface area (Å²) in [5.74, 6) is 0. The highest BCUT2D eigenvalue weighted by Gasteiger charge is 2.22. The third kappa shape index (κ3) is 2.64. The van der Waals surface area contributed by atoms with Crippen molar-refractivity contribution in [1.29, 1.82) is 0 Å². The number of nitrogens with zero attached hydrogens (tertiary/aromatic N) is 2. The third-order valence-corrected chi connectivity index (χ3v) is 6.55. The van der Waals surface area contributed by atoms with Crippen molar-refractivity contribution in [1.82, 2.24) is 10.3 Å². The summed E-state index contributed by atoms with van der Waals surface area (Å²) in [5, 5.41) is 8.50. The summed E-state index contributed by atoms with van der Waals surface area (Å²) in [6.45, 7) is 8.49.